The molecule has 6 heteroatoms. The Morgan fingerprint density at radius 3 is 2.68 bits per heavy atom. The number of fused-ring (bicyclic) bond motifs is 2. The summed E-state index contributed by atoms with van der Waals surface area (Å²) < 4.78 is 1.80. The molecule has 1 atom stereocenters. The minimum Gasteiger partial charge on any atom is -0.301 e. The minimum atomic E-state index is 0.273. The quantitative estimate of drug-likeness (QED) is 0.452. The summed E-state index contributed by atoms with van der Waals surface area (Å²) in [4.78, 5) is 6.56. The van der Waals surface area contributed by atoms with Crippen LogP contribution in [0, 0.1) is 0 Å². The van der Waals surface area contributed by atoms with E-state index in [1.807, 2.05) is 24.4 Å². The average Bonchev–Trinajstić information content (AvgIpc) is 3.17. The lowest BCUT2D eigenvalue weighted by molar-refractivity contribution is 0.295. The van der Waals surface area contributed by atoms with E-state index < -0.39 is 0 Å². The molecule has 0 saturated carbocycles. The first kappa shape index (κ1) is 17.7. The second kappa shape index (κ2) is 6.89. The van der Waals surface area contributed by atoms with E-state index in [0.29, 0.717) is 10.0 Å². The molecular weight excluding hydrogens is 391 g/mol. The first-order chi connectivity index (χ1) is 13.6. The highest BCUT2D eigenvalue weighted by Gasteiger charge is 2.25. The SMILES string of the molecule is CN1Cc2cc(-c3ccc4ncnn4c3)ccc2[C@H](c2ccc(Cl)c(Cl)c2)C1. The summed E-state index contributed by atoms with van der Waals surface area (Å²) in [7, 11) is 2.15. The van der Waals surface area contributed by atoms with Crippen molar-refractivity contribution in [2.45, 2.75) is 12.5 Å². The molecular formula is C22H18Cl2N4. The molecule has 0 spiro atoms. The molecule has 2 aromatic heterocycles. The van der Waals surface area contributed by atoms with Crippen LogP contribution in [0.1, 0.15) is 22.6 Å². The van der Waals surface area contributed by atoms with Crippen molar-refractivity contribution in [2.24, 2.45) is 0 Å². The number of halogens is 2. The summed E-state index contributed by atoms with van der Waals surface area (Å²) >= 11 is 12.4. The van der Waals surface area contributed by atoms with Crippen molar-refractivity contribution >= 4 is 28.8 Å². The fraction of sp³-hybridized carbons (Fsp3) is 0.182. The van der Waals surface area contributed by atoms with Gasteiger partial charge in [0.2, 0.25) is 0 Å². The molecule has 0 unspecified atom stereocenters. The molecule has 0 fully saturated rings. The molecule has 5 rings (SSSR count). The van der Waals surface area contributed by atoms with Crippen LogP contribution in [0.15, 0.2) is 61.1 Å². The number of rotatable bonds is 2. The lowest BCUT2D eigenvalue weighted by Gasteiger charge is -2.33. The molecule has 3 heterocycles. The highest BCUT2D eigenvalue weighted by Crippen LogP contribution is 2.37. The van der Waals surface area contributed by atoms with Gasteiger partial charge < -0.3 is 4.90 Å². The minimum absolute atomic E-state index is 0.273. The molecule has 0 amide bonds. The lowest BCUT2D eigenvalue weighted by atomic mass is 9.83. The maximum atomic E-state index is 6.28. The highest BCUT2D eigenvalue weighted by molar-refractivity contribution is 6.42. The Labute approximate surface area is 173 Å². The molecule has 0 saturated heterocycles. The van der Waals surface area contributed by atoms with Crippen molar-refractivity contribution in [2.75, 3.05) is 13.6 Å². The number of pyridine rings is 1. The zero-order valence-electron chi connectivity index (χ0n) is 15.3. The average molecular weight is 409 g/mol. The maximum Gasteiger partial charge on any atom is 0.155 e. The van der Waals surface area contributed by atoms with E-state index in [9.17, 15) is 0 Å². The summed E-state index contributed by atoms with van der Waals surface area (Å²) in [5, 5.41) is 5.44. The number of hydrogen-bond acceptors (Lipinski definition) is 3. The third-order valence-electron chi connectivity index (χ3n) is 5.41. The van der Waals surface area contributed by atoms with Crippen LogP contribution in [0.3, 0.4) is 0 Å². The summed E-state index contributed by atoms with van der Waals surface area (Å²) in [5.41, 5.74) is 7.03. The van der Waals surface area contributed by atoms with Crippen molar-refractivity contribution in [3.05, 3.63) is 87.8 Å². The van der Waals surface area contributed by atoms with Crippen molar-refractivity contribution in [1.29, 1.82) is 0 Å². The molecule has 0 bridgehead atoms. The molecule has 1 aliphatic heterocycles. The summed E-state index contributed by atoms with van der Waals surface area (Å²) in [5.74, 6) is 0.273. The first-order valence-electron chi connectivity index (χ1n) is 9.14. The van der Waals surface area contributed by atoms with Crippen LogP contribution in [-0.4, -0.2) is 33.1 Å². The zero-order valence-corrected chi connectivity index (χ0v) is 16.8. The second-order valence-electron chi connectivity index (χ2n) is 7.32. The Morgan fingerprint density at radius 1 is 0.964 bits per heavy atom. The standard InChI is InChI=1S/C22H18Cl2N4/c1-27-10-17-8-14(16-4-7-22-25-13-26-28(22)11-16)2-5-18(17)19(12-27)15-3-6-20(23)21(24)9-15/h2-9,11,13,19H,10,12H2,1H3/t19-/m0/s1. The van der Waals surface area contributed by atoms with E-state index in [2.05, 4.69) is 52.4 Å². The number of benzene rings is 2. The third-order valence-corrected chi connectivity index (χ3v) is 6.15. The van der Waals surface area contributed by atoms with Gasteiger partial charge in [0.1, 0.15) is 6.33 Å². The number of aromatic nitrogens is 3. The van der Waals surface area contributed by atoms with Gasteiger partial charge in [-0.3, -0.25) is 0 Å². The Hall–Kier alpha value is -2.40. The Balaban J connectivity index is 1.57. The Morgan fingerprint density at radius 2 is 1.82 bits per heavy atom. The monoisotopic (exact) mass is 408 g/mol. The topological polar surface area (TPSA) is 33.4 Å². The number of likely N-dealkylation sites (N-methyl/N-ethyl adjacent to an activating group) is 1. The molecule has 4 nitrogen and oxygen atoms in total. The first-order valence-corrected chi connectivity index (χ1v) is 9.90. The Bertz CT molecular complexity index is 1180. The van der Waals surface area contributed by atoms with E-state index >= 15 is 0 Å². The van der Waals surface area contributed by atoms with Gasteiger partial charge in [-0.1, -0.05) is 41.4 Å². The van der Waals surface area contributed by atoms with Crippen molar-refractivity contribution in [3.8, 4) is 11.1 Å². The smallest absolute Gasteiger partial charge is 0.155 e. The summed E-state index contributed by atoms with van der Waals surface area (Å²) in [6.45, 7) is 1.88. The van der Waals surface area contributed by atoms with Crippen molar-refractivity contribution in [1.82, 2.24) is 19.5 Å². The van der Waals surface area contributed by atoms with Gasteiger partial charge in [0.05, 0.1) is 10.0 Å². The predicted molar refractivity (Wildman–Crippen MR) is 113 cm³/mol. The third kappa shape index (κ3) is 3.08. The Kier molecular flexibility index (Phi) is 4.35. The molecule has 4 aromatic rings. The van der Waals surface area contributed by atoms with Gasteiger partial charge in [0, 0.05) is 30.8 Å². The van der Waals surface area contributed by atoms with Gasteiger partial charge in [0.25, 0.3) is 0 Å². The summed E-state index contributed by atoms with van der Waals surface area (Å²) in [6, 6.07) is 16.8. The molecule has 0 radical (unpaired) electrons. The summed E-state index contributed by atoms with van der Waals surface area (Å²) in [6.07, 6.45) is 3.59. The van der Waals surface area contributed by atoms with E-state index in [4.69, 9.17) is 23.2 Å². The van der Waals surface area contributed by atoms with Crippen molar-refractivity contribution in [3.63, 3.8) is 0 Å². The fourth-order valence-electron chi connectivity index (χ4n) is 4.03. The largest absolute Gasteiger partial charge is 0.301 e. The van der Waals surface area contributed by atoms with E-state index in [-0.39, 0.29) is 5.92 Å². The van der Waals surface area contributed by atoms with E-state index in [0.717, 1.165) is 24.3 Å². The van der Waals surface area contributed by atoms with Gasteiger partial charge in [-0.2, -0.15) is 5.10 Å². The molecule has 0 aliphatic carbocycles. The van der Waals surface area contributed by atoms with Gasteiger partial charge in [-0.15, -0.1) is 0 Å². The van der Waals surface area contributed by atoms with Crippen LogP contribution >= 0.6 is 23.2 Å². The van der Waals surface area contributed by atoms with Crippen LogP contribution < -0.4 is 0 Å². The molecule has 140 valence electrons. The molecule has 28 heavy (non-hydrogen) atoms. The predicted octanol–water partition coefficient (Wildman–Crippen LogP) is 5.28. The second-order valence-corrected chi connectivity index (χ2v) is 8.13. The molecule has 1 aliphatic rings. The lowest BCUT2D eigenvalue weighted by Crippen LogP contribution is -2.31. The zero-order chi connectivity index (χ0) is 19.3. The van der Waals surface area contributed by atoms with Crippen molar-refractivity contribution < 1.29 is 0 Å². The number of hydrogen-bond donors (Lipinski definition) is 0. The number of nitrogens with zero attached hydrogens (tertiary/aromatic N) is 4. The van der Waals surface area contributed by atoms with Crippen LogP contribution in [0.2, 0.25) is 10.0 Å². The van der Waals surface area contributed by atoms with Gasteiger partial charge in [0.15, 0.2) is 5.65 Å². The molecule has 0 N–H and O–H groups in total. The molecule has 2 aromatic carbocycles. The van der Waals surface area contributed by atoms with Crippen LogP contribution in [0.5, 0.6) is 0 Å². The van der Waals surface area contributed by atoms with Crippen LogP contribution in [0.4, 0.5) is 0 Å². The van der Waals surface area contributed by atoms with Gasteiger partial charge in [-0.05, 0) is 59.6 Å². The van der Waals surface area contributed by atoms with Gasteiger partial charge in [-0.25, -0.2) is 9.50 Å². The van der Waals surface area contributed by atoms with Crippen LogP contribution in [-0.2, 0) is 6.54 Å². The normalized spacial score (nSPS) is 17.0. The van der Waals surface area contributed by atoms with Gasteiger partial charge >= 0.3 is 0 Å². The highest BCUT2D eigenvalue weighted by atomic mass is 35.5. The maximum absolute atomic E-state index is 6.28. The van der Waals surface area contributed by atoms with Crippen LogP contribution in [0.25, 0.3) is 16.8 Å². The fourth-order valence-corrected chi connectivity index (χ4v) is 4.34. The van der Waals surface area contributed by atoms with E-state index in [1.54, 1.807) is 10.8 Å². The van der Waals surface area contributed by atoms with E-state index in [1.165, 1.54) is 22.3 Å².